The van der Waals surface area contributed by atoms with Gasteiger partial charge in [0.25, 0.3) is 0 Å². The van der Waals surface area contributed by atoms with Crippen molar-refractivity contribution >= 4 is 17.1 Å². The molecule has 1 fully saturated rings. The summed E-state index contributed by atoms with van der Waals surface area (Å²) in [6.45, 7) is 2.24. The molecule has 0 radical (unpaired) electrons. The Morgan fingerprint density at radius 3 is 3.16 bits per heavy atom. The largest absolute Gasteiger partial charge is 0.473 e. The van der Waals surface area contributed by atoms with Crippen molar-refractivity contribution in [3.05, 3.63) is 6.33 Å². The van der Waals surface area contributed by atoms with Crippen molar-refractivity contribution < 1.29 is 4.74 Å². The van der Waals surface area contributed by atoms with Crippen LogP contribution in [0, 0.1) is 5.92 Å². The molecule has 6 nitrogen and oxygen atoms in total. The fourth-order valence-corrected chi connectivity index (χ4v) is 2.79. The third-order valence-corrected chi connectivity index (χ3v) is 3.86. The predicted molar refractivity (Wildman–Crippen MR) is 72.8 cm³/mol. The molecule has 2 atom stereocenters. The van der Waals surface area contributed by atoms with Crippen molar-refractivity contribution in [1.82, 2.24) is 19.9 Å². The Morgan fingerprint density at radius 2 is 2.32 bits per heavy atom. The molecular weight excluding hydrogens is 242 g/mol. The van der Waals surface area contributed by atoms with Crippen LogP contribution < -0.4 is 10.5 Å². The number of aromatic amines is 1. The Morgan fingerprint density at radius 1 is 1.42 bits per heavy atom. The van der Waals surface area contributed by atoms with Gasteiger partial charge in [-0.3, -0.25) is 0 Å². The van der Waals surface area contributed by atoms with Gasteiger partial charge in [-0.25, -0.2) is 4.98 Å². The third-order valence-electron chi connectivity index (χ3n) is 3.86. The molecule has 2 aromatic rings. The minimum Gasteiger partial charge on any atom is -0.473 e. The third kappa shape index (κ3) is 2.47. The highest BCUT2D eigenvalue weighted by Gasteiger charge is 2.23. The quantitative estimate of drug-likeness (QED) is 0.884. The van der Waals surface area contributed by atoms with Gasteiger partial charge >= 0.3 is 0 Å². The van der Waals surface area contributed by atoms with Crippen LogP contribution in [0.5, 0.6) is 5.88 Å². The fourth-order valence-electron chi connectivity index (χ4n) is 2.79. The van der Waals surface area contributed by atoms with E-state index in [4.69, 9.17) is 10.5 Å². The topological polar surface area (TPSA) is 89.7 Å². The van der Waals surface area contributed by atoms with E-state index in [1.807, 2.05) is 0 Å². The SMILES string of the molecule is CCC1CCCC(Oc2nc(N)nc3nc[nH]c23)C1. The fraction of sp³-hybridized carbons (Fsp3) is 0.615. The number of aromatic nitrogens is 4. The van der Waals surface area contributed by atoms with Crippen molar-refractivity contribution in [1.29, 1.82) is 0 Å². The van der Waals surface area contributed by atoms with Crippen molar-refractivity contribution in [2.75, 3.05) is 5.73 Å². The number of ether oxygens (including phenoxy) is 1. The van der Waals surface area contributed by atoms with Gasteiger partial charge < -0.3 is 15.5 Å². The zero-order valence-corrected chi connectivity index (χ0v) is 11.1. The number of H-pyrrole nitrogens is 1. The maximum absolute atomic E-state index is 6.04. The molecule has 0 aromatic carbocycles. The number of nitrogens with one attached hydrogen (secondary N) is 1. The average Bonchev–Trinajstić information content (AvgIpc) is 2.87. The zero-order chi connectivity index (χ0) is 13.2. The van der Waals surface area contributed by atoms with E-state index in [2.05, 4.69) is 26.9 Å². The van der Waals surface area contributed by atoms with Gasteiger partial charge in [-0.2, -0.15) is 9.97 Å². The van der Waals surface area contributed by atoms with Gasteiger partial charge in [0.05, 0.1) is 6.33 Å². The van der Waals surface area contributed by atoms with Crippen molar-refractivity contribution in [3.8, 4) is 5.88 Å². The maximum atomic E-state index is 6.04. The van der Waals surface area contributed by atoms with Gasteiger partial charge in [0, 0.05) is 0 Å². The molecule has 1 saturated carbocycles. The Hall–Kier alpha value is -1.85. The van der Waals surface area contributed by atoms with Crippen molar-refractivity contribution in [2.45, 2.75) is 45.1 Å². The molecule has 0 spiro atoms. The summed E-state index contributed by atoms with van der Waals surface area (Å²) in [5.41, 5.74) is 6.98. The molecule has 6 heteroatoms. The Kier molecular flexibility index (Phi) is 3.23. The summed E-state index contributed by atoms with van der Waals surface area (Å²) in [6, 6.07) is 0. The summed E-state index contributed by atoms with van der Waals surface area (Å²) in [5.74, 6) is 1.49. The minimum absolute atomic E-state index is 0.206. The Bertz CT molecular complexity index is 567. The van der Waals surface area contributed by atoms with Gasteiger partial charge in [0.15, 0.2) is 5.65 Å². The van der Waals surface area contributed by atoms with Crippen LogP contribution >= 0.6 is 0 Å². The van der Waals surface area contributed by atoms with Gasteiger partial charge in [0.2, 0.25) is 11.8 Å². The van der Waals surface area contributed by atoms with Gasteiger partial charge in [0.1, 0.15) is 11.6 Å². The summed E-state index contributed by atoms with van der Waals surface area (Å²) in [4.78, 5) is 15.4. The molecule has 102 valence electrons. The number of rotatable bonds is 3. The molecule has 0 amide bonds. The van der Waals surface area contributed by atoms with E-state index in [1.165, 1.54) is 19.3 Å². The molecule has 3 N–H and O–H groups in total. The van der Waals surface area contributed by atoms with E-state index in [0.717, 1.165) is 24.3 Å². The number of nitrogens with zero attached hydrogens (tertiary/aromatic N) is 3. The van der Waals surface area contributed by atoms with Gasteiger partial charge in [-0.1, -0.05) is 19.8 Å². The first-order valence-electron chi connectivity index (χ1n) is 6.89. The van der Waals surface area contributed by atoms with E-state index in [9.17, 15) is 0 Å². The lowest BCUT2D eigenvalue weighted by molar-refractivity contribution is 0.119. The highest BCUT2D eigenvalue weighted by Crippen LogP contribution is 2.30. The van der Waals surface area contributed by atoms with E-state index >= 15 is 0 Å². The lowest BCUT2D eigenvalue weighted by atomic mass is 9.85. The molecule has 1 aliphatic carbocycles. The second-order valence-electron chi connectivity index (χ2n) is 5.17. The first-order valence-corrected chi connectivity index (χ1v) is 6.89. The van der Waals surface area contributed by atoms with Crippen LogP contribution in [-0.2, 0) is 0 Å². The van der Waals surface area contributed by atoms with E-state index in [0.29, 0.717) is 11.5 Å². The number of nitrogens with two attached hydrogens (primary N) is 1. The average molecular weight is 261 g/mol. The molecule has 1 aliphatic rings. The standard InChI is InChI=1S/C13H19N5O/c1-2-8-4-3-5-9(6-8)19-12-10-11(16-7-15-10)17-13(14)18-12/h7-9H,2-6H2,1H3,(H3,14,15,16,17,18). The van der Waals surface area contributed by atoms with Crippen LogP contribution in [0.25, 0.3) is 11.2 Å². The highest BCUT2D eigenvalue weighted by molar-refractivity contribution is 5.76. The number of nitrogen functional groups attached to an aromatic ring is 1. The first kappa shape index (κ1) is 12.2. The number of hydrogen-bond donors (Lipinski definition) is 2. The molecule has 0 aliphatic heterocycles. The molecule has 3 rings (SSSR count). The summed E-state index contributed by atoms with van der Waals surface area (Å²) in [6.07, 6.45) is 7.72. The molecule has 0 saturated heterocycles. The van der Waals surface area contributed by atoms with E-state index in [1.54, 1.807) is 6.33 Å². The lowest BCUT2D eigenvalue weighted by Gasteiger charge is -2.28. The van der Waals surface area contributed by atoms with Crippen LogP contribution in [0.4, 0.5) is 5.95 Å². The second-order valence-corrected chi connectivity index (χ2v) is 5.17. The number of fused-ring (bicyclic) bond motifs is 1. The smallest absolute Gasteiger partial charge is 0.245 e. The summed E-state index contributed by atoms with van der Waals surface area (Å²) in [7, 11) is 0. The summed E-state index contributed by atoms with van der Waals surface area (Å²) >= 11 is 0. The molecule has 2 unspecified atom stereocenters. The number of hydrogen-bond acceptors (Lipinski definition) is 5. The van der Waals surface area contributed by atoms with Crippen molar-refractivity contribution in [3.63, 3.8) is 0 Å². The van der Waals surface area contributed by atoms with E-state index in [-0.39, 0.29) is 12.1 Å². The van der Waals surface area contributed by atoms with Gasteiger partial charge in [-0.05, 0) is 25.2 Å². The van der Waals surface area contributed by atoms with Crippen LogP contribution in [0.15, 0.2) is 6.33 Å². The van der Waals surface area contributed by atoms with Crippen LogP contribution in [-0.4, -0.2) is 26.0 Å². The number of imidazole rings is 1. The van der Waals surface area contributed by atoms with E-state index < -0.39 is 0 Å². The van der Waals surface area contributed by atoms with Crippen LogP contribution in [0.3, 0.4) is 0 Å². The maximum Gasteiger partial charge on any atom is 0.245 e. The Labute approximate surface area is 111 Å². The normalized spacial score (nSPS) is 23.6. The zero-order valence-electron chi connectivity index (χ0n) is 11.1. The molecular formula is C13H19N5O. The molecule has 2 aromatic heterocycles. The van der Waals surface area contributed by atoms with Crippen molar-refractivity contribution in [2.24, 2.45) is 5.92 Å². The highest BCUT2D eigenvalue weighted by atomic mass is 16.5. The minimum atomic E-state index is 0.206. The Balaban J connectivity index is 1.82. The molecule has 0 bridgehead atoms. The second kappa shape index (κ2) is 5.03. The molecule has 2 heterocycles. The lowest BCUT2D eigenvalue weighted by Crippen LogP contribution is -2.25. The summed E-state index contributed by atoms with van der Waals surface area (Å²) < 4.78 is 6.04. The predicted octanol–water partition coefficient (Wildman–Crippen LogP) is 2.28. The number of anilines is 1. The van der Waals surface area contributed by atoms with Gasteiger partial charge in [-0.15, -0.1) is 0 Å². The summed E-state index contributed by atoms with van der Waals surface area (Å²) in [5, 5.41) is 0. The first-order chi connectivity index (χ1) is 9.26. The van der Waals surface area contributed by atoms with Crippen LogP contribution in [0.1, 0.15) is 39.0 Å². The molecule has 19 heavy (non-hydrogen) atoms. The monoisotopic (exact) mass is 261 g/mol. The van der Waals surface area contributed by atoms with Crippen LogP contribution in [0.2, 0.25) is 0 Å².